The van der Waals surface area contributed by atoms with Gasteiger partial charge in [-0.25, -0.2) is 0 Å². The number of hydrogen-bond donors (Lipinski definition) is 2. The van der Waals surface area contributed by atoms with Crippen molar-refractivity contribution in [1.29, 1.82) is 0 Å². The molecule has 6 heteroatoms. The van der Waals surface area contributed by atoms with Crippen molar-refractivity contribution in [3.8, 4) is 12.3 Å². The summed E-state index contributed by atoms with van der Waals surface area (Å²) in [5.74, 6) is 0.880. The zero-order chi connectivity index (χ0) is 28.3. The second kappa shape index (κ2) is 15.0. The minimum atomic E-state index is -1.27. The number of ether oxygens (including phenoxy) is 1. The highest BCUT2D eigenvalue weighted by Crippen LogP contribution is 2.34. The van der Waals surface area contributed by atoms with E-state index < -0.39 is 35.6 Å². The van der Waals surface area contributed by atoms with E-state index in [1.165, 1.54) is 5.57 Å². The molecule has 6 nitrogen and oxygen atoms in total. The number of aliphatic hydroxyl groups excluding tert-OH is 2. The zero-order valence-corrected chi connectivity index (χ0v) is 23.7. The van der Waals surface area contributed by atoms with E-state index in [-0.39, 0.29) is 18.1 Å². The van der Waals surface area contributed by atoms with E-state index in [2.05, 4.69) is 23.9 Å². The number of terminal acetylenes is 1. The van der Waals surface area contributed by atoms with Crippen LogP contribution >= 0.6 is 0 Å². The second-order valence-corrected chi connectivity index (χ2v) is 11.1. The fourth-order valence-electron chi connectivity index (χ4n) is 4.99. The van der Waals surface area contributed by atoms with Crippen LogP contribution < -0.4 is 0 Å². The summed E-state index contributed by atoms with van der Waals surface area (Å²) in [6.07, 6.45) is 12.8. The van der Waals surface area contributed by atoms with Crippen molar-refractivity contribution >= 4 is 17.8 Å². The first kappa shape index (κ1) is 31.5. The molecule has 38 heavy (non-hydrogen) atoms. The maximum atomic E-state index is 13.6. The fourth-order valence-corrected chi connectivity index (χ4v) is 4.99. The molecular formula is C32H45NO5. The molecule has 0 spiro atoms. The predicted molar refractivity (Wildman–Crippen MR) is 151 cm³/mol. The Balaban J connectivity index is 2.41. The van der Waals surface area contributed by atoms with Gasteiger partial charge >= 0.3 is 5.97 Å². The van der Waals surface area contributed by atoms with E-state index in [0.717, 1.165) is 37.0 Å². The average molecular weight is 524 g/mol. The van der Waals surface area contributed by atoms with Crippen LogP contribution in [0.15, 0.2) is 41.6 Å². The molecule has 1 aromatic heterocycles. The molecule has 1 unspecified atom stereocenters. The highest BCUT2D eigenvalue weighted by atomic mass is 16.5. The van der Waals surface area contributed by atoms with E-state index in [1.807, 2.05) is 38.1 Å². The molecule has 0 bridgehead atoms. The summed E-state index contributed by atoms with van der Waals surface area (Å²) in [4.78, 5) is 31.0. The van der Waals surface area contributed by atoms with Gasteiger partial charge in [-0.1, -0.05) is 45.4 Å². The first-order valence-electron chi connectivity index (χ1n) is 13.8. The summed E-state index contributed by atoms with van der Waals surface area (Å²) in [6, 6.07) is 5.63. The summed E-state index contributed by atoms with van der Waals surface area (Å²) in [5.41, 5.74) is 1.61. The van der Waals surface area contributed by atoms with Crippen molar-refractivity contribution in [1.82, 2.24) is 4.98 Å². The van der Waals surface area contributed by atoms with Crippen molar-refractivity contribution in [3.05, 3.63) is 47.3 Å². The number of nitrogens with zero attached hydrogens (tertiary/aromatic N) is 1. The largest absolute Gasteiger partial charge is 0.457 e. The molecule has 0 aliphatic carbocycles. The van der Waals surface area contributed by atoms with Gasteiger partial charge in [0, 0.05) is 25.0 Å². The molecule has 0 radical (unpaired) electrons. The highest BCUT2D eigenvalue weighted by Gasteiger charge is 2.43. The quantitative estimate of drug-likeness (QED) is 0.293. The van der Waals surface area contributed by atoms with Crippen molar-refractivity contribution in [2.24, 2.45) is 17.3 Å². The lowest BCUT2D eigenvalue weighted by molar-refractivity contribution is -0.154. The number of cyclic esters (lactones) is 1. The van der Waals surface area contributed by atoms with Crippen molar-refractivity contribution in [2.45, 2.75) is 104 Å². The molecule has 0 aromatic carbocycles. The van der Waals surface area contributed by atoms with E-state index in [1.54, 1.807) is 20.0 Å². The number of pyridine rings is 1. The fraction of sp³-hybridized carbons (Fsp3) is 0.594. The summed E-state index contributed by atoms with van der Waals surface area (Å²) >= 11 is 0. The van der Waals surface area contributed by atoms with Gasteiger partial charge in [-0.3, -0.25) is 14.6 Å². The third-order valence-electron chi connectivity index (χ3n) is 7.84. The minimum Gasteiger partial charge on any atom is -0.457 e. The van der Waals surface area contributed by atoms with Crippen molar-refractivity contribution in [2.75, 3.05) is 0 Å². The van der Waals surface area contributed by atoms with Gasteiger partial charge in [-0.15, -0.1) is 12.3 Å². The summed E-state index contributed by atoms with van der Waals surface area (Å²) in [7, 11) is 0. The Bertz CT molecular complexity index is 1020. The van der Waals surface area contributed by atoms with Crippen LogP contribution in [-0.2, 0) is 14.3 Å². The van der Waals surface area contributed by atoms with Crippen LogP contribution in [0.25, 0.3) is 6.08 Å². The van der Waals surface area contributed by atoms with Crippen molar-refractivity contribution < 1.29 is 24.5 Å². The normalized spacial score (nSPS) is 29.6. The monoisotopic (exact) mass is 523 g/mol. The van der Waals surface area contributed by atoms with Crippen LogP contribution in [0.4, 0.5) is 0 Å². The molecule has 1 aromatic rings. The van der Waals surface area contributed by atoms with E-state index >= 15 is 0 Å². The Kier molecular flexibility index (Phi) is 12.4. The van der Waals surface area contributed by atoms with Crippen LogP contribution in [0, 0.1) is 29.6 Å². The van der Waals surface area contributed by atoms with Gasteiger partial charge in [0.05, 0.1) is 29.7 Å². The molecule has 2 rings (SSSR count). The lowest BCUT2D eigenvalue weighted by Crippen LogP contribution is -2.46. The maximum Gasteiger partial charge on any atom is 0.309 e. The predicted octanol–water partition coefficient (Wildman–Crippen LogP) is 5.68. The number of aliphatic hydroxyl groups is 2. The molecule has 5 atom stereocenters. The summed E-state index contributed by atoms with van der Waals surface area (Å²) in [5, 5.41) is 22.2. The molecule has 2 heterocycles. The van der Waals surface area contributed by atoms with E-state index in [0.29, 0.717) is 19.3 Å². The number of ketones is 1. The van der Waals surface area contributed by atoms with Crippen LogP contribution in [0.2, 0.25) is 0 Å². The standard InChI is InChI=1S/C32H45NO5/c1-7-9-16-26-30(36)22(3)13-12-14-24(8-2)17-18-27(23(4)20-25-15-10-11-19-33-25)38-29(35)21-28(34)32(5,6)31(26)37/h1,10-11,15,17,19-20,22,26-28,30,34,36H,8-9,12-14,16,18,21H2,2-6H3/b23-20+,24-17-/t22-,26-,27?,28+,30+/m1/s1. The zero-order valence-electron chi connectivity index (χ0n) is 23.7. The van der Waals surface area contributed by atoms with Gasteiger partial charge in [-0.2, -0.15) is 0 Å². The molecule has 1 aliphatic heterocycles. The van der Waals surface area contributed by atoms with E-state index in [9.17, 15) is 19.8 Å². The number of allylic oxidation sites excluding steroid dienone is 1. The third kappa shape index (κ3) is 8.92. The van der Waals surface area contributed by atoms with E-state index in [4.69, 9.17) is 11.2 Å². The Morgan fingerprint density at radius 3 is 2.66 bits per heavy atom. The number of esters is 1. The molecular weight excluding hydrogens is 478 g/mol. The summed E-state index contributed by atoms with van der Waals surface area (Å²) < 4.78 is 5.88. The average Bonchev–Trinajstić information content (AvgIpc) is 2.89. The van der Waals surface area contributed by atoms with Crippen LogP contribution in [0.1, 0.15) is 91.7 Å². The SMILES string of the molecule is C#CCC[C@H]1C(=O)C(C)(C)[C@@H](O)CC(=O)OC(/C(C)=C/c2ccccn2)C/C=C(/CC)CCC[C@@H](C)[C@@H]1O. The van der Waals surface area contributed by atoms with Crippen LogP contribution in [-0.4, -0.2) is 45.3 Å². The first-order chi connectivity index (χ1) is 18.0. The maximum absolute atomic E-state index is 13.6. The third-order valence-corrected chi connectivity index (χ3v) is 7.84. The van der Waals surface area contributed by atoms with Gasteiger partial charge in [-0.05, 0) is 68.7 Å². The number of aromatic nitrogens is 1. The summed E-state index contributed by atoms with van der Waals surface area (Å²) in [6.45, 7) is 9.22. The van der Waals surface area contributed by atoms with Gasteiger partial charge in [0.25, 0.3) is 0 Å². The Labute approximate surface area is 228 Å². The van der Waals surface area contributed by atoms with Gasteiger partial charge in [0.15, 0.2) is 0 Å². The number of Topliss-reactive ketones (excluding diaryl/α,β-unsaturated/α-hetero) is 1. The molecule has 0 saturated carbocycles. The smallest absolute Gasteiger partial charge is 0.309 e. The van der Waals surface area contributed by atoms with Crippen LogP contribution in [0.3, 0.4) is 0 Å². The Morgan fingerprint density at radius 2 is 2.03 bits per heavy atom. The number of rotatable bonds is 5. The number of hydrogen-bond acceptors (Lipinski definition) is 6. The van der Waals surface area contributed by atoms with Gasteiger partial charge < -0.3 is 14.9 Å². The number of carbonyl (C=O) groups is 2. The van der Waals surface area contributed by atoms with Gasteiger partial charge in [0.1, 0.15) is 11.9 Å². The Morgan fingerprint density at radius 1 is 1.29 bits per heavy atom. The molecule has 0 amide bonds. The lowest BCUT2D eigenvalue weighted by Gasteiger charge is -2.36. The first-order valence-corrected chi connectivity index (χ1v) is 13.8. The molecule has 0 fully saturated rings. The Hall–Kier alpha value is -2.75. The lowest BCUT2D eigenvalue weighted by atomic mass is 9.71. The van der Waals surface area contributed by atoms with Crippen LogP contribution in [0.5, 0.6) is 0 Å². The highest BCUT2D eigenvalue weighted by molar-refractivity contribution is 5.88. The molecule has 208 valence electrons. The second-order valence-electron chi connectivity index (χ2n) is 11.1. The molecule has 2 N–H and O–H groups in total. The number of carbonyl (C=O) groups excluding carboxylic acids is 2. The van der Waals surface area contributed by atoms with Gasteiger partial charge in [0.2, 0.25) is 0 Å². The molecule has 1 aliphatic rings. The topological polar surface area (TPSA) is 96.7 Å². The van der Waals surface area contributed by atoms with Crippen molar-refractivity contribution in [3.63, 3.8) is 0 Å². The minimum absolute atomic E-state index is 0.109. The molecule has 0 saturated heterocycles.